The van der Waals surface area contributed by atoms with Gasteiger partial charge in [0.15, 0.2) is 116 Å². The topological polar surface area (TPSA) is 149 Å². The lowest BCUT2D eigenvalue weighted by Crippen LogP contribution is -2.69. The van der Waals surface area contributed by atoms with Crippen molar-refractivity contribution in [3.63, 3.8) is 0 Å². The van der Waals surface area contributed by atoms with E-state index in [9.17, 15) is 30.6 Å². The van der Waals surface area contributed by atoms with Crippen LogP contribution in [0.3, 0.4) is 0 Å². The van der Waals surface area contributed by atoms with Crippen LogP contribution in [0.15, 0.2) is 0 Å². The van der Waals surface area contributed by atoms with Crippen LogP contribution in [0.4, 0.5) is 0 Å². The minimum Gasteiger partial charge on any atom is -0.403 e. The molecule has 0 saturated carbocycles. The number of rotatable bonds is 35. The van der Waals surface area contributed by atoms with Gasteiger partial charge in [0.25, 0.3) is 0 Å². The van der Waals surface area contributed by atoms with Crippen molar-refractivity contribution >= 4 is 564 Å². The van der Waals surface area contributed by atoms with E-state index in [2.05, 4.69) is 487 Å². The second-order valence-corrected chi connectivity index (χ2v) is 41.0. The molecule has 8 N–H and O–H groups in total. The van der Waals surface area contributed by atoms with Crippen LogP contribution in [0.25, 0.3) is 0 Å². The molecule has 322 valence electrons. The Morgan fingerprint density at radius 3 is 0.871 bits per heavy atom. The first-order chi connectivity index (χ1) is 28.8. The highest BCUT2D eigenvalue weighted by Crippen LogP contribution is 2.30. The van der Waals surface area contributed by atoms with Crippen LogP contribution >= 0.6 is 447 Å². The van der Waals surface area contributed by atoms with Crippen molar-refractivity contribution in [2.24, 2.45) is 0 Å². The average Bonchev–Trinajstić information content (AvgIpc) is 3.27. The molecule has 0 bridgehead atoms. The van der Waals surface area contributed by atoms with E-state index in [1.54, 1.807) is 0 Å². The highest BCUT2D eigenvalue weighted by molar-refractivity contribution is 14.2. The van der Waals surface area contributed by atoms with Crippen LogP contribution in [0.5, 0.6) is 0 Å². The smallest absolute Gasteiger partial charge is 0.174 e. The molecule has 0 fully saturated rings. The summed E-state index contributed by atoms with van der Waals surface area (Å²) in [7, 11) is 4.43. The molecule has 9 nitrogen and oxygen atoms in total. The Kier molecular flexibility index (Phi) is 55.6. The molecule has 0 aliphatic carbocycles. The quantitative estimate of drug-likeness (QED) is 0.0350. The summed E-state index contributed by atoms with van der Waals surface area (Å²) < 4.78 is 7.34. The third kappa shape index (κ3) is 29.5. The zero-order valence-electron chi connectivity index (χ0n) is 31.5. The minimum absolute atomic E-state index is 0.0960. The SMILES string of the molecule is OCC(O)CNB(B(I)B(I)B(I)B(I)[B]I)B(I)B(I)B(I)B(I)B(I)[B]N([B]B(I)B(I)B(I)B(I)B(I)B(NCC(O)CO)B(I)B(I)B(I)B(I)[B]I)CC(O)CO. The average molecular weight is 3070 g/mol. The predicted molar refractivity (Wildman–Crippen MR) is 480 cm³/mol. The first-order valence-electron chi connectivity index (χ1n) is 18.0. The number of halogens is 20. The van der Waals surface area contributed by atoms with E-state index < -0.39 is 18.3 Å². The zero-order valence-corrected chi connectivity index (χ0v) is 74.7. The first kappa shape index (κ1) is 77.8. The van der Waals surface area contributed by atoms with Crippen molar-refractivity contribution in [1.82, 2.24) is 15.2 Å². The number of aliphatic hydroxyl groups is 6. The largest absolute Gasteiger partial charge is 0.403 e. The van der Waals surface area contributed by atoms with Crippen molar-refractivity contribution in [3.8, 4) is 0 Å². The molecule has 53 heteroatoms. The van der Waals surface area contributed by atoms with Gasteiger partial charge in [-0.2, -0.15) is 447 Å². The summed E-state index contributed by atoms with van der Waals surface area (Å²) in [6.45, 7) is 0.265. The Morgan fingerprint density at radius 1 is 0.371 bits per heavy atom. The molecule has 0 aromatic carbocycles. The normalized spacial score (nSPS) is 12.2. The summed E-state index contributed by atoms with van der Waals surface area (Å²) in [6.07, 6.45) is -2.53. The van der Waals surface area contributed by atoms with Gasteiger partial charge in [-0.1, -0.05) is 0 Å². The standard InChI is InChI=1S/C9H23B24I20N3O6/c34-10-14(36)18(40)24(46)28(50)32(54-1-7(60)4-57)30(52)26(48)22(44)20(42)16(38)12-56(3-9(62)6-59)13-17(39)21(43)23(45)27(49)31(53)33(55-2-8(61)5-58)29(51)25(47)19(41)15(37)11-35/h7-9,54-55,57-62H,1-6H2. The van der Waals surface area contributed by atoms with E-state index >= 15 is 0 Å². The molecule has 0 rings (SSSR count). The molecule has 0 amide bonds. The fourth-order valence-electron chi connectivity index (χ4n) is 5.17. The van der Waals surface area contributed by atoms with E-state index in [0.717, 1.165) is 0 Å². The minimum atomic E-state index is -0.888. The zero-order chi connectivity index (χ0) is 48.3. The van der Waals surface area contributed by atoms with Crippen LogP contribution in [0.1, 0.15) is 0 Å². The molecule has 0 aromatic rings. The Hall–Kier alpha value is 15.8. The van der Waals surface area contributed by atoms with Gasteiger partial charge < -0.3 is 45.8 Å². The molecule has 0 aliphatic heterocycles. The van der Waals surface area contributed by atoms with Gasteiger partial charge in [0.1, 0.15) is 0 Å². The summed E-state index contributed by atoms with van der Waals surface area (Å²) in [6, 6.07) is 0. The molecule has 0 saturated heterocycles. The van der Waals surface area contributed by atoms with Crippen LogP contribution in [0.2, 0.25) is 0 Å². The lowest BCUT2D eigenvalue weighted by atomic mass is 8.82. The Bertz CT molecular complexity index is 1120. The van der Waals surface area contributed by atoms with Gasteiger partial charge in [0, 0.05) is 19.6 Å². The second kappa shape index (κ2) is 44.3. The summed E-state index contributed by atoms with van der Waals surface area (Å²) in [4.78, 5) is 0. The number of nitrogens with one attached hydrogen (secondary N) is 2. The third-order valence-corrected chi connectivity index (χ3v) is 58.5. The number of nitrogens with zero attached hydrogens (tertiary/aromatic N) is 1. The van der Waals surface area contributed by atoms with Crippen LogP contribution < -0.4 is 10.5 Å². The predicted octanol–water partition coefficient (Wildman–Crippen LogP) is 3.93. The van der Waals surface area contributed by atoms with Crippen molar-refractivity contribution in [3.05, 3.63) is 0 Å². The maximum Gasteiger partial charge on any atom is 0.174 e. The Balaban J connectivity index is 6.24. The Morgan fingerprint density at radius 2 is 0.613 bits per heavy atom. The lowest BCUT2D eigenvalue weighted by Gasteiger charge is -2.32. The highest BCUT2D eigenvalue weighted by Gasteiger charge is 2.54. The monoisotopic (exact) mass is 3070 g/mol. The molecule has 62 heavy (non-hydrogen) atoms. The maximum absolute atomic E-state index is 10.7. The van der Waals surface area contributed by atoms with Crippen molar-refractivity contribution < 1.29 is 30.6 Å². The maximum atomic E-state index is 10.7. The molecule has 3 atom stereocenters. The lowest BCUT2D eigenvalue weighted by molar-refractivity contribution is 0.0893. The summed E-state index contributed by atoms with van der Waals surface area (Å²) in [5, 5.41) is 72.4. The number of hydrogen-bond acceptors (Lipinski definition) is 9. The van der Waals surface area contributed by atoms with E-state index in [1.807, 2.05) is 0 Å². The molecule has 0 spiro atoms. The van der Waals surface area contributed by atoms with Gasteiger partial charge >= 0.3 is 0 Å². The van der Waals surface area contributed by atoms with Gasteiger partial charge in [-0.3, -0.25) is 0 Å². The van der Waals surface area contributed by atoms with E-state index in [1.165, 1.54) is 0 Å². The van der Waals surface area contributed by atoms with Crippen molar-refractivity contribution in [2.45, 2.75) is 18.3 Å². The molecule has 0 heterocycles. The van der Waals surface area contributed by atoms with Crippen LogP contribution in [-0.2, 0) is 0 Å². The van der Waals surface area contributed by atoms with E-state index in [0.29, 0.717) is 45.7 Å². The molecular formula is C9H23B24I20N3O6. The molecular weight excluding hydrogens is 3040 g/mol. The van der Waals surface area contributed by atoms with Crippen molar-refractivity contribution in [2.75, 3.05) is 39.5 Å². The number of hydrogen-bond donors (Lipinski definition) is 8. The summed E-state index contributed by atoms with van der Waals surface area (Å²) in [5.41, 5.74) is 0. The molecule has 3 unspecified atom stereocenters. The highest BCUT2D eigenvalue weighted by atomic mass is 127. The Labute approximate surface area is 649 Å². The van der Waals surface area contributed by atoms with Gasteiger partial charge in [-0.25, -0.2) is 0 Å². The second-order valence-electron chi connectivity index (χ2n) is 13.6. The van der Waals surface area contributed by atoms with E-state index in [-0.39, 0.29) is 85.3 Å². The van der Waals surface area contributed by atoms with Gasteiger partial charge in [0.2, 0.25) is 0 Å². The molecule has 0 aliphatic rings. The molecule has 0 aromatic heterocycles. The van der Waals surface area contributed by atoms with Crippen LogP contribution in [-0.4, -0.2) is 209 Å². The van der Waals surface area contributed by atoms with Crippen molar-refractivity contribution in [1.29, 1.82) is 0 Å². The summed E-state index contributed by atoms with van der Waals surface area (Å²) in [5.74, 6) is 0. The number of aliphatic hydroxyl groups excluding tert-OH is 6. The fraction of sp³-hybridized carbons (Fsp3) is 1.00. The van der Waals surface area contributed by atoms with Gasteiger partial charge in [-0.15, -0.1) is 0 Å². The van der Waals surface area contributed by atoms with E-state index in [4.69, 9.17) is 0 Å². The van der Waals surface area contributed by atoms with Crippen LogP contribution in [0, 0.1) is 0 Å². The summed E-state index contributed by atoms with van der Waals surface area (Å²) >= 11 is 51.2. The van der Waals surface area contributed by atoms with Gasteiger partial charge in [-0.05, 0) is 0 Å². The first-order valence-corrected chi connectivity index (χ1v) is 42.9. The third-order valence-electron chi connectivity index (χ3n) is 8.77. The molecule has 4 radical (unpaired) electrons. The van der Waals surface area contributed by atoms with Gasteiger partial charge in [0.05, 0.1) is 38.1 Å². The fourth-order valence-corrected chi connectivity index (χ4v) is 32.3.